The van der Waals surface area contributed by atoms with Gasteiger partial charge in [0.25, 0.3) is 0 Å². The SMILES string of the molecule is CCc1cc(C)ccc1NCC#Cc1cc2c(N)cccn2c1SC(F)(F)F. The Kier molecular flexibility index (Phi) is 5.80. The number of alkyl halides is 3. The lowest BCUT2D eigenvalue weighted by atomic mass is 10.1. The highest BCUT2D eigenvalue weighted by atomic mass is 32.2. The van der Waals surface area contributed by atoms with E-state index in [1.807, 2.05) is 19.1 Å². The zero-order valence-electron chi connectivity index (χ0n) is 15.5. The van der Waals surface area contributed by atoms with Crippen molar-refractivity contribution < 1.29 is 13.2 Å². The van der Waals surface area contributed by atoms with Crippen LogP contribution in [0.1, 0.15) is 23.6 Å². The first kappa shape index (κ1) is 20.0. The largest absolute Gasteiger partial charge is 0.447 e. The zero-order chi connectivity index (χ0) is 20.3. The van der Waals surface area contributed by atoms with Crippen LogP contribution in [0.15, 0.2) is 47.6 Å². The number of fused-ring (bicyclic) bond motifs is 1. The summed E-state index contributed by atoms with van der Waals surface area (Å²) in [6.45, 7) is 4.43. The van der Waals surface area contributed by atoms with Gasteiger partial charge in [-0.25, -0.2) is 0 Å². The second kappa shape index (κ2) is 8.11. The highest BCUT2D eigenvalue weighted by Crippen LogP contribution is 2.40. The van der Waals surface area contributed by atoms with Gasteiger partial charge in [-0.2, -0.15) is 13.2 Å². The first-order valence-corrected chi connectivity index (χ1v) is 9.57. The molecular weight excluding hydrogens is 383 g/mol. The fourth-order valence-electron chi connectivity index (χ4n) is 2.97. The minimum absolute atomic E-state index is 0.0203. The molecule has 0 aliphatic heterocycles. The predicted octanol–water partition coefficient (Wildman–Crippen LogP) is 5.47. The summed E-state index contributed by atoms with van der Waals surface area (Å²) in [5, 5.41) is 3.26. The second-order valence-corrected chi connectivity index (χ2v) is 7.35. The molecule has 2 aromatic heterocycles. The van der Waals surface area contributed by atoms with Crippen molar-refractivity contribution in [3.8, 4) is 11.8 Å². The molecule has 0 fully saturated rings. The van der Waals surface area contributed by atoms with Crippen molar-refractivity contribution in [2.24, 2.45) is 0 Å². The Morgan fingerprint density at radius 3 is 2.71 bits per heavy atom. The number of hydrogen-bond acceptors (Lipinski definition) is 3. The molecule has 0 atom stereocenters. The minimum atomic E-state index is -4.41. The van der Waals surface area contributed by atoms with E-state index in [0.717, 1.165) is 12.1 Å². The van der Waals surface area contributed by atoms with Gasteiger partial charge in [0.1, 0.15) is 5.03 Å². The maximum atomic E-state index is 13.0. The van der Waals surface area contributed by atoms with E-state index in [-0.39, 0.29) is 16.8 Å². The molecule has 0 amide bonds. The number of hydrogen-bond donors (Lipinski definition) is 2. The molecule has 2 heterocycles. The number of thioether (sulfide) groups is 1. The first-order chi connectivity index (χ1) is 13.3. The van der Waals surface area contributed by atoms with Gasteiger partial charge in [-0.3, -0.25) is 0 Å². The van der Waals surface area contributed by atoms with Crippen LogP contribution in [0.3, 0.4) is 0 Å². The van der Waals surface area contributed by atoms with Crippen LogP contribution < -0.4 is 11.1 Å². The number of benzene rings is 1. The third-order valence-electron chi connectivity index (χ3n) is 4.24. The predicted molar refractivity (Wildman–Crippen MR) is 110 cm³/mol. The Morgan fingerprint density at radius 2 is 2.00 bits per heavy atom. The van der Waals surface area contributed by atoms with Gasteiger partial charge in [-0.1, -0.05) is 36.5 Å². The fourth-order valence-corrected chi connectivity index (χ4v) is 3.66. The van der Waals surface area contributed by atoms with Gasteiger partial charge in [0.05, 0.1) is 23.3 Å². The summed E-state index contributed by atoms with van der Waals surface area (Å²) in [5.41, 5.74) is 6.06. The van der Waals surface area contributed by atoms with Gasteiger partial charge < -0.3 is 15.5 Å². The number of halogens is 3. The van der Waals surface area contributed by atoms with Gasteiger partial charge in [-0.15, -0.1) is 0 Å². The molecule has 3 rings (SSSR count). The van der Waals surface area contributed by atoms with E-state index < -0.39 is 5.51 Å². The number of nitrogens with one attached hydrogen (secondary N) is 1. The van der Waals surface area contributed by atoms with Crippen molar-refractivity contribution in [3.05, 3.63) is 59.3 Å². The van der Waals surface area contributed by atoms with Crippen molar-refractivity contribution in [3.63, 3.8) is 0 Å². The molecule has 3 nitrogen and oxygen atoms in total. The maximum Gasteiger partial charge on any atom is 0.447 e. The maximum absolute atomic E-state index is 13.0. The fraction of sp³-hybridized carbons (Fsp3) is 0.238. The molecule has 0 saturated heterocycles. The van der Waals surface area contributed by atoms with E-state index >= 15 is 0 Å². The number of aryl methyl sites for hydroxylation is 2. The lowest BCUT2D eigenvalue weighted by Crippen LogP contribution is -2.03. The summed E-state index contributed by atoms with van der Waals surface area (Å²) in [4.78, 5) is 0. The first-order valence-electron chi connectivity index (χ1n) is 8.76. The van der Waals surface area contributed by atoms with Crippen LogP contribution in [0, 0.1) is 18.8 Å². The van der Waals surface area contributed by atoms with Crippen LogP contribution in [0.25, 0.3) is 5.52 Å². The standard InChI is InChI=1S/C21H20F3N3S/c1-3-15-12-14(2)8-9-18(15)26-10-4-6-16-13-19-17(25)7-5-11-27(19)20(16)28-21(22,23)24/h5,7-9,11-13,26H,3,10,25H2,1-2H3. The van der Waals surface area contributed by atoms with E-state index in [1.54, 1.807) is 24.4 Å². The van der Waals surface area contributed by atoms with Crippen LogP contribution in [0.2, 0.25) is 0 Å². The van der Waals surface area contributed by atoms with Crippen molar-refractivity contribution in [1.82, 2.24) is 4.40 Å². The minimum Gasteiger partial charge on any atom is -0.397 e. The summed E-state index contributed by atoms with van der Waals surface area (Å²) in [5.74, 6) is 5.79. The van der Waals surface area contributed by atoms with Crippen LogP contribution in [0.5, 0.6) is 0 Å². The monoisotopic (exact) mass is 403 g/mol. The Balaban J connectivity index is 1.87. The number of nitrogen functional groups attached to an aromatic ring is 1. The summed E-state index contributed by atoms with van der Waals surface area (Å²) in [6, 6.07) is 11.0. The number of rotatable bonds is 4. The average molecular weight is 403 g/mol. The van der Waals surface area contributed by atoms with Crippen molar-refractivity contribution in [2.75, 3.05) is 17.6 Å². The molecule has 3 aromatic rings. The van der Waals surface area contributed by atoms with Crippen LogP contribution in [-0.2, 0) is 6.42 Å². The highest BCUT2D eigenvalue weighted by Gasteiger charge is 2.32. The molecule has 0 aliphatic carbocycles. The second-order valence-electron chi connectivity index (χ2n) is 6.30. The van der Waals surface area contributed by atoms with Gasteiger partial charge in [-0.05, 0) is 43.2 Å². The van der Waals surface area contributed by atoms with E-state index in [2.05, 4.69) is 30.1 Å². The molecule has 0 saturated carbocycles. The molecule has 146 valence electrons. The van der Waals surface area contributed by atoms with Crippen molar-refractivity contribution in [2.45, 2.75) is 30.8 Å². The summed E-state index contributed by atoms with van der Waals surface area (Å²) in [7, 11) is 0. The van der Waals surface area contributed by atoms with Crippen LogP contribution in [-0.4, -0.2) is 16.5 Å². The Hall–Kier alpha value is -2.72. The summed E-state index contributed by atoms with van der Waals surface area (Å²) >= 11 is -0.181. The summed E-state index contributed by atoms with van der Waals surface area (Å²) in [6.07, 6.45) is 2.44. The molecule has 3 N–H and O–H groups in total. The van der Waals surface area contributed by atoms with Gasteiger partial charge in [0.15, 0.2) is 0 Å². The third-order valence-corrected chi connectivity index (χ3v) is 5.08. The van der Waals surface area contributed by atoms with Gasteiger partial charge >= 0.3 is 5.51 Å². The average Bonchev–Trinajstić information content (AvgIpc) is 2.97. The molecule has 0 unspecified atom stereocenters. The molecule has 1 aromatic carbocycles. The quantitative estimate of drug-likeness (QED) is 0.449. The van der Waals surface area contributed by atoms with E-state index in [1.165, 1.54) is 15.5 Å². The molecule has 0 aliphatic rings. The Morgan fingerprint density at radius 1 is 1.21 bits per heavy atom. The van der Waals surface area contributed by atoms with Crippen molar-refractivity contribution in [1.29, 1.82) is 0 Å². The number of anilines is 2. The molecule has 0 bridgehead atoms. The highest BCUT2D eigenvalue weighted by molar-refractivity contribution is 8.00. The Labute approximate surface area is 166 Å². The zero-order valence-corrected chi connectivity index (χ0v) is 16.3. The van der Waals surface area contributed by atoms with Crippen LogP contribution >= 0.6 is 11.8 Å². The molecule has 7 heteroatoms. The normalized spacial score (nSPS) is 11.3. The van der Waals surface area contributed by atoms with Crippen molar-refractivity contribution >= 4 is 28.7 Å². The number of nitrogens with zero attached hydrogens (tertiary/aromatic N) is 1. The number of aromatic nitrogens is 1. The van der Waals surface area contributed by atoms with E-state index in [9.17, 15) is 13.2 Å². The summed E-state index contributed by atoms with van der Waals surface area (Å²) < 4.78 is 40.5. The number of nitrogens with two attached hydrogens (primary N) is 1. The lowest BCUT2D eigenvalue weighted by molar-refractivity contribution is -0.0329. The van der Waals surface area contributed by atoms with Gasteiger partial charge in [0.2, 0.25) is 0 Å². The van der Waals surface area contributed by atoms with E-state index in [0.29, 0.717) is 23.3 Å². The molecule has 0 spiro atoms. The Bertz CT molecular complexity index is 1060. The molecule has 28 heavy (non-hydrogen) atoms. The van der Waals surface area contributed by atoms with E-state index in [4.69, 9.17) is 5.73 Å². The third kappa shape index (κ3) is 4.57. The van der Waals surface area contributed by atoms with Crippen LogP contribution in [0.4, 0.5) is 24.5 Å². The topological polar surface area (TPSA) is 42.5 Å². The number of pyridine rings is 1. The molecule has 0 radical (unpaired) electrons. The lowest BCUT2D eigenvalue weighted by Gasteiger charge is -2.09. The van der Waals surface area contributed by atoms with Gasteiger partial charge in [0, 0.05) is 23.6 Å². The smallest absolute Gasteiger partial charge is 0.397 e. The molecular formula is C21H20F3N3S.